The average molecular weight is 311 g/mol. The zero-order chi connectivity index (χ0) is 15.6. The number of hydrogen-bond acceptors (Lipinski definition) is 1. The molecule has 0 unspecified atom stereocenters. The van der Waals surface area contributed by atoms with Crippen molar-refractivity contribution < 1.29 is 13.5 Å². The van der Waals surface area contributed by atoms with Gasteiger partial charge in [-0.3, -0.25) is 0 Å². The molecule has 0 aliphatic carbocycles. The van der Waals surface area contributed by atoms with Crippen LogP contribution in [0.4, 0.5) is 8.78 Å². The molecule has 2 aromatic rings. The van der Waals surface area contributed by atoms with Crippen molar-refractivity contribution >= 4 is 11.6 Å². The molecule has 0 aromatic heterocycles. The zero-order valence-corrected chi connectivity index (χ0v) is 13.0. The van der Waals surface area contributed by atoms with Crippen LogP contribution < -0.4 is 4.74 Å². The van der Waals surface area contributed by atoms with E-state index in [1.54, 1.807) is 18.2 Å². The van der Waals surface area contributed by atoms with Gasteiger partial charge in [-0.15, -0.1) is 11.6 Å². The normalized spacial score (nSPS) is 11.5. The summed E-state index contributed by atoms with van der Waals surface area (Å²) in [6.45, 7) is 6.17. The second kappa shape index (κ2) is 6.02. The van der Waals surface area contributed by atoms with Crippen LogP contribution in [-0.4, -0.2) is 0 Å². The highest BCUT2D eigenvalue weighted by molar-refractivity contribution is 6.17. The Kier molecular flexibility index (Phi) is 4.52. The van der Waals surface area contributed by atoms with Crippen LogP contribution >= 0.6 is 11.6 Å². The lowest BCUT2D eigenvalue weighted by atomic mass is 9.87. The lowest BCUT2D eigenvalue weighted by Crippen LogP contribution is -2.10. The molecular weight excluding hydrogens is 294 g/mol. The molecule has 0 N–H and O–H groups in total. The SMILES string of the molecule is CC(C)(C)c1cccc(Oc2c(F)cc(CCl)cc2F)c1. The van der Waals surface area contributed by atoms with Crippen LogP contribution in [0, 0.1) is 11.6 Å². The Morgan fingerprint density at radius 1 is 1.05 bits per heavy atom. The molecule has 2 rings (SSSR count). The van der Waals surface area contributed by atoms with Gasteiger partial charge in [0.2, 0.25) is 0 Å². The Labute approximate surface area is 128 Å². The molecule has 0 aliphatic rings. The van der Waals surface area contributed by atoms with Gasteiger partial charge in [0.05, 0.1) is 0 Å². The molecule has 112 valence electrons. The van der Waals surface area contributed by atoms with Gasteiger partial charge in [-0.1, -0.05) is 32.9 Å². The maximum absolute atomic E-state index is 13.9. The zero-order valence-electron chi connectivity index (χ0n) is 12.2. The quantitative estimate of drug-likeness (QED) is 0.652. The van der Waals surface area contributed by atoms with Gasteiger partial charge < -0.3 is 4.74 Å². The number of hydrogen-bond donors (Lipinski definition) is 0. The lowest BCUT2D eigenvalue weighted by molar-refractivity contribution is 0.405. The first kappa shape index (κ1) is 15.8. The summed E-state index contributed by atoms with van der Waals surface area (Å²) in [4.78, 5) is 0. The second-order valence-corrected chi connectivity index (χ2v) is 6.17. The molecule has 0 fully saturated rings. The van der Waals surface area contributed by atoms with Crippen LogP contribution in [0.3, 0.4) is 0 Å². The Morgan fingerprint density at radius 2 is 1.67 bits per heavy atom. The van der Waals surface area contributed by atoms with Crippen molar-refractivity contribution in [3.05, 3.63) is 59.2 Å². The second-order valence-electron chi connectivity index (χ2n) is 5.90. The van der Waals surface area contributed by atoms with E-state index >= 15 is 0 Å². The van der Waals surface area contributed by atoms with Crippen LogP contribution in [-0.2, 0) is 11.3 Å². The van der Waals surface area contributed by atoms with Gasteiger partial charge in [-0.2, -0.15) is 0 Å². The van der Waals surface area contributed by atoms with Crippen molar-refractivity contribution in [3.63, 3.8) is 0 Å². The molecule has 0 saturated carbocycles. The summed E-state index contributed by atoms with van der Waals surface area (Å²) in [5.41, 5.74) is 1.33. The van der Waals surface area contributed by atoms with E-state index in [2.05, 4.69) is 20.8 Å². The monoisotopic (exact) mass is 310 g/mol. The predicted octanol–water partition coefficient (Wildman–Crippen LogP) is 5.79. The molecular formula is C17H17ClF2O. The predicted molar refractivity (Wildman–Crippen MR) is 81.1 cm³/mol. The average Bonchev–Trinajstić information content (AvgIpc) is 2.42. The first-order valence-electron chi connectivity index (χ1n) is 6.63. The standard InChI is InChI=1S/C17H17ClF2O/c1-17(2,3)12-5-4-6-13(9-12)21-16-14(19)7-11(10-18)8-15(16)20/h4-9H,10H2,1-3H3. The summed E-state index contributed by atoms with van der Waals surface area (Å²) >= 11 is 5.58. The number of benzene rings is 2. The highest BCUT2D eigenvalue weighted by atomic mass is 35.5. The van der Waals surface area contributed by atoms with Crippen molar-refractivity contribution in [2.75, 3.05) is 0 Å². The number of rotatable bonds is 3. The molecule has 2 aromatic carbocycles. The van der Waals surface area contributed by atoms with Gasteiger partial charge in [0.15, 0.2) is 17.4 Å². The lowest BCUT2D eigenvalue weighted by Gasteiger charge is -2.20. The maximum Gasteiger partial charge on any atom is 0.198 e. The van der Waals surface area contributed by atoms with Crippen LogP contribution in [0.2, 0.25) is 0 Å². The van der Waals surface area contributed by atoms with Crippen molar-refractivity contribution in [1.29, 1.82) is 0 Å². The summed E-state index contributed by atoms with van der Waals surface area (Å²) in [5.74, 6) is -1.47. The summed E-state index contributed by atoms with van der Waals surface area (Å²) in [7, 11) is 0. The highest BCUT2D eigenvalue weighted by Gasteiger charge is 2.17. The van der Waals surface area contributed by atoms with Crippen LogP contribution in [0.25, 0.3) is 0 Å². The van der Waals surface area contributed by atoms with Gasteiger partial charge in [-0.25, -0.2) is 8.78 Å². The molecule has 0 radical (unpaired) electrons. The van der Waals surface area contributed by atoms with E-state index in [1.165, 1.54) is 12.1 Å². The third-order valence-electron chi connectivity index (χ3n) is 3.13. The summed E-state index contributed by atoms with van der Waals surface area (Å²) in [6, 6.07) is 9.57. The Balaban J connectivity index is 2.35. The van der Waals surface area contributed by atoms with Gasteiger partial charge in [-0.05, 0) is 40.8 Å². The third kappa shape index (κ3) is 3.73. The van der Waals surface area contributed by atoms with E-state index in [0.717, 1.165) is 5.56 Å². The Hall–Kier alpha value is -1.61. The molecule has 0 aliphatic heterocycles. The molecule has 21 heavy (non-hydrogen) atoms. The minimum absolute atomic E-state index is 0.0492. The van der Waals surface area contributed by atoms with Gasteiger partial charge in [0.25, 0.3) is 0 Å². The van der Waals surface area contributed by atoms with E-state index in [1.807, 2.05) is 6.07 Å². The molecule has 0 spiro atoms. The molecule has 0 atom stereocenters. The van der Waals surface area contributed by atoms with Crippen LogP contribution in [0.15, 0.2) is 36.4 Å². The topological polar surface area (TPSA) is 9.23 Å². The fourth-order valence-corrected chi connectivity index (χ4v) is 2.09. The van der Waals surface area contributed by atoms with Crippen LogP contribution in [0.1, 0.15) is 31.9 Å². The van der Waals surface area contributed by atoms with Crippen molar-refractivity contribution in [1.82, 2.24) is 0 Å². The van der Waals surface area contributed by atoms with E-state index < -0.39 is 17.4 Å². The first-order chi connectivity index (χ1) is 9.81. The number of halogens is 3. The summed E-state index contributed by atoms with van der Waals surface area (Å²) < 4.78 is 33.2. The summed E-state index contributed by atoms with van der Waals surface area (Å²) in [5, 5.41) is 0. The van der Waals surface area contributed by atoms with Gasteiger partial charge in [0.1, 0.15) is 5.75 Å². The number of alkyl halides is 1. The molecule has 0 bridgehead atoms. The van der Waals surface area contributed by atoms with Crippen molar-refractivity contribution in [2.24, 2.45) is 0 Å². The molecule has 0 saturated heterocycles. The third-order valence-corrected chi connectivity index (χ3v) is 3.44. The first-order valence-corrected chi connectivity index (χ1v) is 7.17. The van der Waals surface area contributed by atoms with Gasteiger partial charge in [0, 0.05) is 5.88 Å². The smallest absolute Gasteiger partial charge is 0.198 e. The molecule has 4 heteroatoms. The molecule has 0 heterocycles. The Bertz CT molecular complexity index is 624. The number of ether oxygens (including phenoxy) is 1. The minimum Gasteiger partial charge on any atom is -0.451 e. The van der Waals surface area contributed by atoms with Crippen LogP contribution in [0.5, 0.6) is 11.5 Å². The largest absolute Gasteiger partial charge is 0.451 e. The fraction of sp³-hybridized carbons (Fsp3) is 0.294. The maximum atomic E-state index is 13.9. The van der Waals surface area contributed by atoms with Crippen molar-refractivity contribution in [2.45, 2.75) is 32.1 Å². The highest BCUT2D eigenvalue weighted by Crippen LogP contribution is 2.31. The molecule has 0 amide bonds. The Morgan fingerprint density at radius 3 is 2.19 bits per heavy atom. The van der Waals surface area contributed by atoms with E-state index in [4.69, 9.17) is 16.3 Å². The van der Waals surface area contributed by atoms with Crippen molar-refractivity contribution in [3.8, 4) is 11.5 Å². The van der Waals surface area contributed by atoms with E-state index in [9.17, 15) is 8.78 Å². The summed E-state index contributed by atoms with van der Waals surface area (Å²) in [6.07, 6.45) is 0. The minimum atomic E-state index is -0.758. The van der Waals surface area contributed by atoms with E-state index in [-0.39, 0.29) is 11.3 Å². The van der Waals surface area contributed by atoms with Gasteiger partial charge >= 0.3 is 0 Å². The fourth-order valence-electron chi connectivity index (χ4n) is 1.93. The van der Waals surface area contributed by atoms with E-state index in [0.29, 0.717) is 11.3 Å². The molecule has 1 nitrogen and oxygen atoms in total.